The molecule has 1 aromatic rings. The summed E-state index contributed by atoms with van der Waals surface area (Å²) in [6, 6.07) is 3.97. The van der Waals surface area contributed by atoms with Crippen LogP contribution in [0, 0.1) is 0 Å². The molecule has 1 saturated heterocycles. The summed E-state index contributed by atoms with van der Waals surface area (Å²) < 4.78 is 0.906. The molecule has 0 aliphatic carbocycles. The van der Waals surface area contributed by atoms with Crippen molar-refractivity contribution in [2.24, 2.45) is 0 Å². The summed E-state index contributed by atoms with van der Waals surface area (Å²) in [5, 5.41) is 6.08. The van der Waals surface area contributed by atoms with Gasteiger partial charge in [-0.15, -0.1) is 0 Å². The van der Waals surface area contributed by atoms with Crippen molar-refractivity contribution in [2.45, 2.75) is 25.3 Å². The van der Waals surface area contributed by atoms with E-state index >= 15 is 0 Å². The van der Waals surface area contributed by atoms with E-state index in [0.29, 0.717) is 18.3 Å². The van der Waals surface area contributed by atoms with Crippen molar-refractivity contribution in [3.8, 4) is 0 Å². The molecule has 4 nitrogen and oxygen atoms in total. The van der Waals surface area contributed by atoms with Crippen molar-refractivity contribution < 1.29 is 4.79 Å². The van der Waals surface area contributed by atoms with Crippen molar-refractivity contribution in [1.29, 1.82) is 0 Å². The zero-order valence-electron chi connectivity index (χ0n) is 8.87. The van der Waals surface area contributed by atoms with Crippen LogP contribution < -0.4 is 10.6 Å². The van der Waals surface area contributed by atoms with Crippen LogP contribution in [0.25, 0.3) is 0 Å². The number of pyridine rings is 1. The maximum atomic E-state index is 11.7. The Hall–Kier alpha value is -0.940. The number of carbonyl (C=O) groups is 1. The van der Waals surface area contributed by atoms with Gasteiger partial charge in [-0.05, 0) is 47.4 Å². The van der Waals surface area contributed by atoms with Crippen molar-refractivity contribution in [3.63, 3.8) is 0 Å². The Bertz CT molecular complexity index is 360. The average molecular weight is 284 g/mol. The van der Waals surface area contributed by atoms with Gasteiger partial charge in [-0.1, -0.05) is 0 Å². The predicted octanol–water partition coefficient (Wildman–Crippen LogP) is 1.92. The molecule has 1 unspecified atom stereocenters. The molecule has 1 aliphatic rings. The quantitative estimate of drug-likeness (QED) is 0.891. The zero-order chi connectivity index (χ0) is 11.4. The average Bonchev–Trinajstić information content (AvgIpc) is 2.74. The number of anilines is 1. The van der Waals surface area contributed by atoms with Crippen LogP contribution in [0.2, 0.25) is 0 Å². The largest absolute Gasteiger partial charge is 0.313 e. The van der Waals surface area contributed by atoms with Crippen LogP contribution in [-0.2, 0) is 4.79 Å². The van der Waals surface area contributed by atoms with Crippen molar-refractivity contribution in [2.75, 3.05) is 11.9 Å². The van der Waals surface area contributed by atoms with E-state index in [0.717, 1.165) is 23.9 Å². The van der Waals surface area contributed by atoms with Gasteiger partial charge in [0, 0.05) is 23.1 Å². The molecule has 0 spiro atoms. The molecule has 2 rings (SSSR count). The zero-order valence-corrected chi connectivity index (χ0v) is 10.5. The molecule has 0 radical (unpaired) electrons. The molecule has 0 aromatic carbocycles. The lowest BCUT2D eigenvalue weighted by Crippen LogP contribution is -2.27. The van der Waals surface area contributed by atoms with Gasteiger partial charge in [0.15, 0.2) is 0 Å². The van der Waals surface area contributed by atoms with Gasteiger partial charge in [-0.3, -0.25) is 4.79 Å². The molecular weight excluding hydrogens is 270 g/mol. The summed E-state index contributed by atoms with van der Waals surface area (Å²) in [7, 11) is 0. The third-order valence-corrected chi connectivity index (χ3v) is 3.06. The van der Waals surface area contributed by atoms with Gasteiger partial charge >= 0.3 is 0 Å². The second kappa shape index (κ2) is 5.41. The lowest BCUT2D eigenvalue weighted by atomic mass is 10.1. The van der Waals surface area contributed by atoms with E-state index in [1.807, 2.05) is 6.07 Å². The molecule has 1 aliphatic heterocycles. The first kappa shape index (κ1) is 11.5. The molecule has 1 aromatic heterocycles. The molecular formula is C11H14BrN3O. The van der Waals surface area contributed by atoms with E-state index in [9.17, 15) is 4.79 Å². The first-order valence-electron chi connectivity index (χ1n) is 5.39. The Morgan fingerprint density at radius 1 is 1.62 bits per heavy atom. The van der Waals surface area contributed by atoms with Gasteiger partial charge in [0.1, 0.15) is 5.82 Å². The summed E-state index contributed by atoms with van der Waals surface area (Å²) in [4.78, 5) is 15.7. The van der Waals surface area contributed by atoms with Gasteiger partial charge < -0.3 is 10.6 Å². The Morgan fingerprint density at radius 2 is 2.50 bits per heavy atom. The highest BCUT2D eigenvalue weighted by atomic mass is 79.9. The summed E-state index contributed by atoms with van der Waals surface area (Å²) in [6.45, 7) is 1.02. The number of aromatic nitrogens is 1. The summed E-state index contributed by atoms with van der Waals surface area (Å²) in [5.74, 6) is 0.625. The Balaban J connectivity index is 1.84. The molecule has 1 atom stereocenters. The third kappa shape index (κ3) is 3.28. The lowest BCUT2D eigenvalue weighted by molar-refractivity contribution is -0.116. The van der Waals surface area contributed by atoms with Crippen LogP contribution in [0.5, 0.6) is 0 Å². The molecule has 0 bridgehead atoms. The number of amides is 1. The van der Waals surface area contributed by atoms with Crippen molar-refractivity contribution in [1.82, 2.24) is 10.3 Å². The van der Waals surface area contributed by atoms with E-state index < -0.39 is 0 Å². The fraction of sp³-hybridized carbons (Fsp3) is 0.455. The highest BCUT2D eigenvalue weighted by Gasteiger charge is 2.17. The minimum Gasteiger partial charge on any atom is -0.313 e. The van der Waals surface area contributed by atoms with Gasteiger partial charge in [0.05, 0.1) is 0 Å². The lowest BCUT2D eigenvalue weighted by Gasteiger charge is -2.09. The van der Waals surface area contributed by atoms with Gasteiger partial charge in [-0.25, -0.2) is 4.98 Å². The van der Waals surface area contributed by atoms with Gasteiger partial charge in [0.25, 0.3) is 0 Å². The Labute approximate surface area is 103 Å². The number of hydrogen-bond donors (Lipinski definition) is 2. The molecule has 1 amide bonds. The Morgan fingerprint density at radius 3 is 3.12 bits per heavy atom. The highest BCUT2D eigenvalue weighted by molar-refractivity contribution is 9.10. The fourth-order valence-corrected chi connectivity index (χ4v) is 2.03. The van der Waals surface area contributed by atoms with Crippen LogP contribution in [0.15, 0.2) is 22.8 Å². The normalized spacial score (nSPS) is 19.7. The van der Waals surface area contributed by atoms with E-state index in [2.05, 4.69) is 31.5 Å². The van der Waals surface area contributed by atoms with Crippen molar-refractivity contribution in [3.05, 3.63) is 22.8 Å². The number of carbonyl (C=O) groups excluding carboxylic acids is 1. The second-order valence-electron chi connectivity index (χ2n) is 3.91. The first-order chi connectivity index (χ1) is 7.74. The van der Waals surface area contributed by atoms with Crippen LogP contribution in [0.3, 0.4) is 0 Å². The smallest absolute Gasteiger partial charge is 0.227 e. The van der Waals surface area contributed by atoms with Gasteiger partial charge in [-0.2, -0.15) is 0 Å². The SMILES string of the molecule is O=C(CC1CCCN1)Nc1ccc(Br)cn1. The molecule has 5 heteroatoms. The van der Waals surface area contributed by atoms with E-state index in [1.54, 1.807) is 12.3 Å². The van der Waals surface area contributed by atoms with Crippen LogP contribution in [0.1, 0.15) is 19.3 Å². The number of halogens is 1. The minimum absolute atomic E-state index is 0.0224. The number of nitrogens with zero attached hydrogens (tertiary/aromatic N) is 1. The molecule has 16 heavy (non-hydrogen) atoms. The topological polar surface area (TPSA) is 54.0 Å². The monoisotopic (exact) mass is 283 g/mol. The molecule has 86 valence electrons. The number of rotatable bonds is 3. The third-order valence-electron chi connectivity index (χ3n) is 2.59. The van der Waals surface area contributed by atoms with E-state index in [4.69, 9.17) is 0 Å². The summed E-state index contributed by atoms with van der Waals surface area (Å²) in [6.07, 6.45) is 4.44. The number of hydrogen-bond acceptors (Lipinski definition) is 3. The molecule has 1 fully saturated rings. The maximum absolute atomic E-state index is 11.7. The van der Waals surface area contributed by atoms with Crippen LogP contribution >= 0.6 is 15.9 Å². The van der Waals surface area contributed by atoms with E-state index in [-0.39, 0.29) is 5.91 Å². The van der Waals surface area contributed by atoms with E-state index in [1.165, 1.54) is 0 Å². The highest BCUT2D eigenvalue weighted by Crippen LogP contribution is 2.12. The molecule has 2 heterocycles. The number of nitrogens with one attached hydrogen (secondary N) is 2. The Kier molecular flexibility index (Phi) is 3.90. The minimum atomic E-state index is 0.0224. The summed E-state index contributed by atoms with van der Waals surface area (Å²) >= 11 is 3.30. The van der Waals surface area contributed by atoms with Gasteiger partial charge in [0.2, 0.25) is 5.91 Å². The fourth-order valence-electron chi connectivity index (χ4n) is 1.80. The maximum Gasteiger partial charge on any atom is 0.227 e. The second-order valence-corrected chi connectivity index (χ2v) is 4.82. The molecule has 2 N–H and O–H groups in total. The first-order valence-corrected chi connectivity index (χ1v) is 6.18. The van der Waals surface area contributed by atoms with Crippen molar-refractivity contribution >= 4 is 27.7 Å². The standard InChI is InChI=1S/C11H14BrN3O/c12-8-3-4-10(14-7-8)15-11(16)6-9-2-1-5-13-9/h3-4,7,9,13H,1-2,5-6H2,(H,14,15,16). The molecule has 0 saturated carbocycles. The predicted molar refractivity (Wildman–Crippen MR) is 66.2 cm³/mol. The van der Waals surface area contributed by atoms with Crippen LogP contribution in [-0.4, -0.2) is 23.5 Å². The van der Waals surface area contributed by atoms with Crippen LogP contribution in [0.4, 0.5) is 5.82 Å². The summed E-state index contributed by atoms with van der Waals surface area (Å²) in [5.41, 5.74) is 0.